The summed E-state index contributed by atoms with van der Waals surface area (Å²) in [6, 6.07) is 1.65. The quantitative estimate of drug-likeness (QED) is 0.552. The van der Waals surface area contributed by atoms with Crippen LogP contribution in [0.5, 0.6) is 0 Å². The highest BCUT2D eigenvalue weighted by Crippen LogP contribution is 2.30. The van der Waals surface area contributed by atoms with Crippen LogP contribution in [0.15, 0.2) is 24.5 Å². The summed E-state index contributed by atoms with van der Waals surface area (Å²) in [7, 11) is 0. The van der Waals surface area contributed by atoms with Gasteiger partial charge in [0, 0.05) is 25.5 Å². The van der Waals surface area contributed by atoms with E-state index in [1.807, 2.05) is 13.8 Å². The van der Waals surface area contributed by atoms with Crippen molar-refractivity contribution in [3.8, 4) is 0 Å². The number of aromatic nitrogens is 1. The van der Waals surface area contributed by atoms with Gasteiger partial charge in [0.15, 0.2) is 5.78 Å². The molecule has 1 unspecified atom stereocenters. The topological polar surface area (TPSA) is 112 Å². The summed E-state index contributed by atoms with van der Waals surface area (Å²) in [6.07, 6.45) is 4.97. The molecular formula is C21H30N4O5. The summed E-state index contributed by atoms with van der Waals surface area (Å²) in [5, 5.41) is 10.7. The van der Waals surface area contributed by atoms with Crippen molar-refractivity contribution >= 4 is 17.8 Å². The van der Waals surface area contributed by atoms with Gasteiger partial charge in [-0.15, -0.1) is 0 Å². The number of aliphatic carboxylic acids is 1. The van der Waals surface area contributed by atoms with Gasteiger partial charge in [-0.25, -0.2) is 20.0 Å². The Kier molecular flexibility index (Phi) is 7.38. The largest absolute Gasteiger partial charge is 0.480 e. The van der Waals surface area contributed by atoms with E-state index in [1.165, 1.54) is 12.8 Å². The van der Waals surface area contributed by atoms with Crippen LogP contribution in [0.4, 0.5) is 4.79 Å². The van der Waals surface area contributed by atoms with Crippen LogP contribution in [0.2, 0.25) is 0 Å². The van der Waals surface area contributed by atoms with E-state index in [2.05, 4.69) is 15.3 Å². The molecule has 1 saturated heterocycles. The summed E-state index contributed by atoms with van der Waals surface area (Å²) in [5.74, 6) is -0.506. The molecule has 3 rings (SSSR count). The summed E-state index contributed by atoms with van der Waals surface area (Å²) >= 11 is 0. The fourth-order valence-corrected chi connectivity index (χ4v) is 3.57. The van der Waals surface area contributed by atoms with Crippen molar-refractivity contribution in [2.24, 2.45) is 11.8 Å². The standard InChI is InChI=1S/C21H30N4O5/c1-14(2)9-18(20(27)28)25(21(29)30-13-16-5-7-22-8-6-16)23-17-11-24(12-19(17)26)10-15-3-4-15/h5-8,14-15,17-18,23H,3-4,9-13H2,1-2H3,(H,27,28)/t17?,18-/m0/s1. The molecule has 9 heteroatoms. The molecule has 1 saturated carbocycles. The number of ketones is 1. The smallest absolute Gasteiger partial charge is 0.425 e. The van der Waals surface area contributed by atoms with E-state index in [4.69, 9.17) is 4.74 Å². The molecule has 2 fully saturated rings. The summed E-state index contributed by atoms with van der Waals surface area (Å²) in [4.78, 5) is 43.3. The van der Waals surface area contributed by atoms with Crippen molar-refractivity contribution in [2.75, 3.05) is 19.6 Å². The van der Waals surface area contributed by atoms with Gasteiger partial charge in [-0.2, -0.15) is 0 Å². The highest BCUT2D eigenvalue weighted by Gasteiger charge is 2.39. The molecule has 164 valence electrons. The predicted molar refractivity (Wildman–Crippen MR) is 108 cm³/mol. The van der Waals surface area contributed by atoms with Crippen molar-refractivity contribution in [2.45, 2.75) is 51.8 Å². The number of nitrogens with one attached hydrogen (secondary N) is 1. The summed E-state index contributed by atoms with van der Waals surface area (Å²) < 4.78 is 5.36. The maximum atomic E-state index is 12.8. The maximum Gasteiger partial charge on any atom is 0.425 e. The zero-order chi connectivity index (χ0) is 21.7. The van der Waals surface area contributed by atoms with Crippen LogP contribution >= 0.6 is 0 Å². The number of Topliss-reactive ketones (excluding diaryl/α,β-unsaturated/α-hetero) is 1. The number of ether oxygens (including phenoxy) is 1. The average Bonchev–Trinajstić information content (AvgIpc) is 3.45. The average molecular weight is 418 g/mol. The van der Waals surface area contributed by atoms with Gasteiger partial charge in [0.1, 0.15) is 12.6 Å². The molecule has 2 heterocycles. The van der Waals surface area contributed by atoms with Gasteiger partial charge >= 0.3 is 12.1 Å². The molecule has 1 amide bonds. The highest BCUT2D eigenvalue weighted by molar-refractivity contribution is 5.88. The zero-order valence-corrected chi connectivity index (χ0v) is 17.5. The van der Waals surface area contributed by atoms with Crippen molar-refractivity contribution in [3.05, 3.63) is 30.1 Å². The van der Waals surface area contributed by atoms with Crippen LogP contribution in [0.3, 0.4) is 0 Å². The van der Waals surface area contributed by atoms with E-state index < -0.39 is 24.1 Å². The number of carbonyl (C=O) groups excluding carboxylic acids is 2. The van der Waals surface area contributed by atoms with Gasteiger partial charge in [0.2, 0.25) is 0 Å². The second-order valence-electron chi connectivity index (χ2n) is 8.55. The lowest BCUT2D eigenvalue weighted by Gasteiger charge is -2.31. The first-order valence-corrected chi connectivity index (χ1v) is 10.4. The molecule has 30 heavy (non-hydrogen) atoms. The second-order valence-corrected chi connectivity index (χ2v) is 8.55. The number of hydrogen-bond donors (Lipinski definition) is 2. The van der Waals surface area contributed by atoms with Crippen LogP contribution < -0.4 is 5.43 Å². The number of carboxylic acid groups (broad SMARTS) is 1. The van der Waals surface area contributed by atoms with Gasteiger partial charge in [0.25, 0.3) is 0 Å². The molecule has 0 spiro atoms. The number of carbonyl (C=O) groups is 3. The molecule has 9 nitrogen and oxygen atoms in total. The molecule has 2 N–H and O–H groups in total. The van der Waals surface area contributed by atoms with Crippen LogP contribution in [0.25, 0.3) is 0 Å². The number of nitrogens with zero attached hydrogens (tertiary/aromatic N) is 3. The predicted octanol–water partition coefficient (Wildman–Crippen LogP) is 1.69. The maximum absolute atomic E-state index is 12.8. The first-order valence-electron chi connectivity index (χ1n) is 10.4. The lowest BCUT2D eigenvalue weighted by atomic mass is 10.0. The minimum atomic E-state index is -1.14. The molecule has 1 aromatic rings. The van der Waals surface area contributed by atoms with Gasteiger partial charge in [0.05, 0.1) is 12.6 Å². The molecule has 1 aliphatic carbocycles. The Hall–Kier alpha value is -2.52. The Bertz CT molecular complexity index is 753. The lowest BCUT2D eigenvalue weighted by Crippen LogP contribution is -2.58. The Morgan fingerprint density at radius 3 is 2.63 bits per heavy atom. The molecule has 2 aliphatic rings. The molecule has 1 aromatic heterocycles. The van der Waals surface area contributed by atoms with Gasteiger partial charge in [-0.1, -0.05) is 13.8 Å². The second kappa shape index (κ2) is 9.99. The molecule has 0 bridgehead atoms. The SMILES string of the molecule is CC(C)C[C@@H](C(=O)O)N(NC1CN(CC2CC2)CC1=O)C(=O)OCc1ccncc1. The molecule has 1 aliphatic heterocycles. The van der Waals surface area contributed by atoms with Crippen molar-refractivity contribution in [1.82, 2.24) is 20.3 Å². The zero-order valence-electron chi connectivity index (χ0n) is 17.5. The number of likely N-dealkylation sites (tertiary alicyclic amines) is 1. The number of hydrogen-bond acceptors (Lipinski definition) is 7. The van der Waals surface area contributed by atoms with E-state index in [-0.39, 0.29) is 24.7 Å². The Morgan fingerprint density at radius 2 is 2.03 bits per heavy atom. The normalized spacial score (nSPS) is 20.4. The number of rotatable bonds is 10. The number of amides is 1. The monoisotopic (exact) mass is 418 g/mol. The van der Waals surface area contributed by atoms with Crippen molar-refractivity contribution in [3.63, 3.8) is 0 Å². The highest BCUT2D eigenvalue weighted by atomic mass is 16.6. The molecule has 2 atom stereocenters. The minimum absolute atomic E-state index is 0.0139. The van der Waals surface area contributed by atoms with Crippen LogP contribution in [0, 0.1) is 11.8 Å². The van der Waals surface area contributed by atoms with Crippen LogP contribution in [0.1, 0.15) is 38.7 Å². The molecule has 0 aromatic carbocycles. The van der Waals surface area contributed by atoms with E-state index >= 15 is 0 Å². The van der Waals surface area contributed by atoms with E-state index in [0.717, 1.165) is 17.1 Å². The lowest BCUT2D eigenvalue weighted by molar-refractivity contribution is -0.145. The third kappa shape index (κ3) is 6.24. The van der Waals surface area contributed by atoms with Crippen LogP contribution in [-0.2, 0) is 20.9 Å². The van der Waals surface area contributed by atoms with Crippen molar-refractivity contribution < 1.29 is 24.2 Å². The number of carboxylic acids is 1. The Labute approximate surface area is 176 Å². The molecular weight excluding hydrogens is 388 g/mol. The van der Waals surface area contributed by atoms with Gasteiger partial charge < -0.3 is 9.84 Å². The fourth-order valence-electron chi connectivity index (χ4n) is 3.57. The third-order valence-corrected chi connectivity index (χ3v) is 5.32. The van der Waals surface area contributed by atoms with E-state index in [0.29, 0.717) is 19.0 Å². The first-order chi connectivity index (χ1) is 14.3. The van der Waals surface area contributed by atoms with Crippen molar-refractivity contribution in [1.29, 1.82) is 0 Å². The number of pyridine rings is 1. The summed E-state index contributed by atoms with van der Waals surface area (Å²) in [5.41, 5.74) is 3.62. The Balaban J connectivity index is 1.69. The van der Waals surface area contributed by atoms with E-state index in [1.54, 1.807) is 24.5 Å². The first kappa shape index (κ1) is 22.2. The number of hydrazine groups is 1. The summed E-state index contributed by atoms with van der Waals surface area (Å²) in [6.45, 7) is 5.39. The van der Waals surface area contributed by atoms with Crippen LogP contribution in [-0.4, -0.2) is 69.6 Å². The van der Waals surface area contributed by atoms with Gasteiger partial charge in [-0.05, 0) is 48.8 Å². The van der Waals surface area contributed by atoms with Gasteiger partial charge in [-0.3, -0.25) is 14.7 Å². The van der Waals surface area contributed by atoms with E-state index in [9.17, 15) is 19.5 Å². The fraction of sp³-hybridized carbons (Fsp3) is 0.619. The molecule has 0 radical (unpaired) electrons. The Morgan fingerprint density at radius 1 is 1.33 bits per heavy atom. The third-order valence-electron chi connectivity index (χ3n) is 5.32. The minimum Gasteiger partial charge on any atom is -0.480 e.